The van der Waals surface area contributed by atoms with E-state index in [1.807, 2.05) is 23.1 Å². The minimum absolute atomic E-state index is 0.0739. The molecule has 0 spiro atoms. The number of aromatic amines is 1. The molecule has 2 N–H and O–H groups in total. The lowest BCUT2D eigenvalue weighted by Crippen LogP contribution is -2.50. The fourth-order valence-corrected chi connectivity index (χ4v) is 4.37. The maximum atomic E-state index is 13.0. The van der Waals surface area contributed by atoms with E-state index >= 15 is 0 Å². The Labute approximate surface area is 195 Å². The van der Waals surface area contributed by atoms with Gasteiger partial charge < -0.3 is 10.2 Å². The van der Waals surface area contributed by atoms with Gasteiger partial charge in [0.05, 0.1) is 36.3 Å². The molecule has 0 aliphatic carbocycles. The van der Waals surface area contributed by atoms with Crippen molar-refractivity contribution in [1.29, 1.82) is 0 Å². The minimum atomic E-state index is -0.212. The van der Waals surface area contributed by atoms with Crippen LogP contribution in [0.4, 0.5) is 0 Å². The minimum Gasteiger partial charge on any atom is -0.351 e. The van der Waals surface area contributed by atoms with Gasteiger partial charge in [0.2, 0.25) is 5.91 Å². The monoisotopic (exact) mass is 459 g/mol. The topological polar surface area (TPSA) is 135 Å². The molecule has 0 saturated carbocycles. The molecule has 1 aliphatic rings. The van der Waals surface area contributed by atoms with Crippen LogP contribution in [0.25, 0.3) is 16.7 Å². The Balaban J connectivity index is 1.20. The number of rotatable bonds is 6. The summed E-state index contributed by atoms with van der Waals surface area (Å²) in [6.45, 7) is 3.89. The summed E-state index contributed by atoms with van der Waals surface area (Å²) >= 11 is 0. The zero-order valence-corrected chi connectivity index (χ0v) is 18.8. The average molecular weight is 460 g/mol. The molecule has 1 atom stereocenters. The van der Waals surface area contributed by atoms with Gasteiger partial charge in [-0.15, -0.1) is 5.10 Å². The number of H-pyrrole nitrogens is 1. The van der Waals surface area contributed by atoms with Gasteiger partial charge in [0.15, 0.2) is 0 Å². The van der Waals surface area contributed by atoms with E-state index in [1.165, 1.54) is 6.20 Å². The summed E-state index contributed by atoms with van der Waals surface area (Å²) in [5.41, 5.74) is 3.33. The third-order valence-electron chi connectivity index (χ3n) is 6.22. The number of piperidine rings is 1. The number of pyridine rings is 1. The molecule has 1 aliphatic heterocycles. The molecule has 5 rings (SSSR count). The van der Waals surface area contributed by atoms with Crippen LogP contribution in [0.2, 0.25) is 0 Å². The van der Waals surface area contributed by atoms with Gasteiger partial charge >= 0.3 is 0 Å². The molecule has 34 heavy (non-hydrogen) atoms. The maximum absolute atomic E-state index is 13.0. The molecular weight excluding hydrogens is 434 g/mol. The SMILES string of the molecule is CC1(CNC(=O)c2cncc(-n3ccnn3)c2)CCCN(C(=O)Cc2ccc3n[nH]nc3c2)C1. The van der Waals surface area contributed by atoms with E-state index in [2.05, 4.69) is 42.9 Å². The predicted molar refractivity (Wildman–Crippen MR) is 123 cm³/mol. The number of carbonyl (C=O) groups excluding carboxylic acids is 2. The Morgan fingerprint density at radius 1 is 1.18 bits per heavy atom. The van der Waals surface area contributed by atoms with E-state index in [9.17, 15) is 9.59 Å². The lowest BCUT2D eigenvalue weighted by molar-refractivity contribution is -0.133. The summed E-state index contributed by atoms with van der Waals surface area (Å²) in [5.74, 6) is -0.134. The first-order valence-electron chi connectivity index (χ1n) is 11.2. The molecular formula is C23H25N9O2. The summed E-state index contributed by atoms with van der Waals surface area (Å²) in [4.78, 5) is 31.9. The quantitative estimate of drug-likeness (QED) is 0.446. The zero-order chi connectivity index (χ0) is 23.5. The van der Waals surface area contributed by atoms with Gasteiger partial charge in [0.1, 0.15) is 11.0 Å². The van der Waals surface area contributed by atoms with Crippen LogP contribution in [0.15, 0.2) is 49.1 Å². The summed E-state index contributed by atoms with van der Waals surface area (Å²) in [6, 6.07) is 7.39. The Morgan fingerprint density at radius 2 is 2.06 bits per heavy atom. The van der Waals surface area contributed by atoms with Crippen LogP contribution in [0.3, 0.4) is 0 Å². The summed E-state index contributed by atoms with van der Waals surface area (Å²) in [7, 11) is 0. The van der Waals surface area contributed by atoms with Crippen LogP contribution in [0.1, 0.15) is 35.7 Å². The van der Waals surface area contributed by atoms with Crippen molar-refractivity contribution in [3.8, 4) is 5.69 Å². The van der Waals surface area contributed by atoms with Crippen LogP contribution in [-0.2, 0) is 11.2 Å². The van der Waals surface area contributed by atoms with Gasteiger partial charge in [-0.3, -0.25) is 14.6 Å². The highest BCUT2D eigenvalue weighted by molar-refractivity contribution is 5.94. The van der Waals surface area contributed by atoms with E-state index in [1.54, 1.807) is 29.3 Å². The number of likely N-dealkylation sites (tertiary alicyclic amines) is 1. The van der Waals surface area contributed by atoms with E-state index < -0.39 is 0 Å². The molecule has 0 radical (unpaired) electrons. The van der Waals surface area contributed by atoms with E-state index in [-0.39, 0.29) is 17.2 Å². The van der Waals surface area contributed by atoms with Crippen LogP contribution in [0, 0.1) is 5.41 Å². The highest BCUT2D eigenvalue weighted by atomic mass is 16.2. The Hall–Kier alpha value is -4.15. The number of hydrogen-bond donors (Lipinski definition) is 2. The Morgan fingerprint density at radius 3 is 2.91 bits per heavy atom. The molecule has 0 bridgehead atoms. The predicted octanol–water partition coefficient (Wildman–Crippen LogP) is 1.53. The molecule has 174 valence electrons. The largest absolute Gasteiger partial charge is 0.351 e. The van der Waals surface area contributed by atoms with E-state index in [0.717, 1.165) is 36.0 Å². The lowest BCUT2D eigenvalue weighted by atomic mass is 9.81. The second-order valence-electron chi connectivity index (χ2n) is 9.02. The number of amides is 2. The van der Waals surface area contributed by atoms with Crippen molar-refractivity contribution < 1.29 is 9.59 Å². The van der Waals surface area contributed by atoms with Crippen LogP contribution in [0.5, 0.6) is 0 Å². The Kier molecular flexibility index (Phi) is 5.74. The van der Waals surface area contributed by atoms with Gasteiger partial charge in [0.25, 0.3) is 5.91 Å². The van der Waals surface area contributed by atoms with Crippen molar-refractivity contribution in [1.82, 2.24) is 45.6 Å². The summed E-state index contributed by atoms with van der Waals surface area (Å²) in [5, 5.41) is 21.5. The number of nitrogens with one attached hydrogen (secondary N) is 2. The van der Waals surface area contributed by atoms with E-state index in [0.29, 0.717) is 30.8 Å². The van der Waals surface area contributed by atoms with Crippen molar-refractivity contribution in [3.05, 3.63) is 60.2 Å². The number of fused-ring (bicyclic) bond motifs is 1. The second kappa shape index (κ2) is 9.00. The van der Waals surface area contributed by atoms with E-state index in [4.69, 9.17) is 0 Å². The molecule has 4 aromatic rings. The van der Waals surface area contributed by atoms with Gasteiger partial charge in [-0.25, -0.2) is 4.68 Å². The zero-order valence-electron chi connectivity index (χ0n) is 18.8. The molecule has 3 aromatic heterocycles. The van der Waals surface area contributed by atoms with Gasteiger partial charge in [-0.1, -0.05) is 18.2 Å². The number of nitrogens with zero attached hydrogens (tertiary/aromatic N) is 7. The normalized spacial score (nSPS) is 18.2. The molecule has 11 heteroatoms. The lowest BCUT2D eigenvalue weighted by Gasteiger charge is -2.40. The number of hydrogen-bond acceptors (Lipinski definition) is 7. The third kappa shape index (κ3) is 4.63. The number of carbonyl (C=O) groups is 2. The molecule has 1 fully saturated rings. The summed E-state index contributed by atoms with van der Waals surface area (Å²) < 4.78 is 1.55. The van der Waals surface area contributed by atoms with Crippen molar-refractivity contribution in [3.63, 3.8) is 0 Å². The number of benzene rings is 1. The molecule has 11 nitrogen and oxygen atoms in total. The second-order valence-corrected chi connectivity index (χ2v) is 9.02. The fraction of sp³-hybridized carbons (Fsp3) is 0.348. The maximum Gasteiger partial charge on any atom is 0.252 e. The first kappa shape index (κ1) is 21.7. The molecule has 1 saturated heterocycles. The first-order valence-corrected chi connectivity index (χ1v) is 11.2. The number of aromatic nitrogens is 7. The smallest absolute Gasteiger partial charge is 0.252 e. The van der Waals surface area contributed by atoms with Crippen molar-refractivity contribution in [2.24, 2.45) is 5.41 Å². The Bertz CT molecular complexity index is 1320. The molecule has 2 amide bonds. The van der Waals surface area contributed by atoms with Gasteiger partial charge in [-0.05, 0) is 36.6 Å². The molecule has 1 unspecified atom stereocenters. The average Bonchev–Trinajstić information content (AvgIpc) is 3.55. The molecule has 4 heterocycles. The highest BCUT2D eigenvalue weighted by Gasteiger charge is 2.33. The third-order valence-corrected chi connectivity index (χ3v) is 6.22. The van der Waals surface area contributed by atoms with Gasteiger partial charge in [-0.2, -0.15) is 15.4 Å². The van der Waals surface area contributed by atoms with Gasteiger partial charge in [0, 0.05) is 31.2 Å². The standard InChI is InChI=1S/C23H25N9O2/c1-23(14-25-22(34)17-11-18(13-24-12-17)32-8-6-26-30-32)5-2-7-31(15-23)21(33)10-16-3-4-19-20(9-16)28-29-27-19/h3-4,6,8-9,11-13H,2,5,7,10,14-15H2,1H3,(H,25,34)(H,27,28,29). The first-order chi connectivity index (χ1) is 16.5. The van der Waals surface area contributed by atoms with Crippen LogP contribution < -0.4 is 5.32 Å². The fourth-order valence-electron chi connectivity index (χ4n) is 4.37. The summed E-state index contributed by atoms with van der Waals surface area (Å²) in [6.07, 6.45) is 8.54. The van der Waals surface area contributed by atoms with Crippen molar-refractivity contribution in [2.45, 2.75) is 26.2 Å². The van der Waals surface area contributed by atoms with Crippen molar-refractivity contribution in [2.75, 3.05) is 19.6 Å². The van der Waals surface area contributed by atoms with Crippen LogP contribution in [-0.4, -0.2) is 71.7 Å². The highest BCUT2D eigenvalue weighted by Crippen LogP contribution is 2.29. The van der Waals surface area contributed by atoms with Crippen LogP contribution >= 0.6 is 0 Å². The van der Waals surface area contributed by atoms with Crippen molar-refractivity contribution >= 4 is 22.8 Å². The molecule has 1 aromatic carbocycles.